The molecule has 32 heavy (non-hydrogen) atoms. The summed E-state index contributed by atoms with van der Waals surface area (Å²) in [5.74, 6) is 0.425. The summed E-state index contributed by atoms with van der Waals surface area (Å²) in [4.78, 5) is 19.5. The molecular formula is C20H27BrN2O9. The van der Waals surface area contributed by atoms with Crippen LogP contribution in [-0.2, 0) is 13.3 Å². The number of ether oxygens (including phenoxy) is 3. The summed E-state index contributed by atoms with van der Waals surface area (Å²) in [6, 6.07) is 11.4. The van der Waals surface area contributed by atoms with E-state index in [-0.39, 0.29) is 17.1 Å². The maximum Gasteiger partial charge on any atom is 0.273 e. The Morgan fingerprint density at radius 3 is 1.84 bits per heavy atom. The molecule has 0 spiro atoms. The van der Waals surface area contributed by atoms with Crippen molar-refractivity contribution < 1.29 is 33.0 Å². The molecule has 0 heterocycles. The van der Waals surface area contributed by atoms with Crippen molar-refractivity contribution in [1.29, 1.82) is 0 Å². The number of methoxy groups -OCH3 is 2. The van der Waals surface area contributed by atoms with Crippen LogP contribution in [0.15, 0.2) is 48.5 Å². The van der Waals surface area contributed by atoms with Crippen molar-refractivity contribution in [2.24, 2.45) is 0 Å². The largest absolute Gasteiger partial charge is 0.508 e. The van der Waals surface area contributed by atoms with Crippen LogP contribution in [0, 0.1) is 20.2 Å². The third-order valence-electron chi connectivity index (χ3n) is 3.40. The number of hydrogen-bond acceptors (Lipinski definition) is 9. The van der Waals surface area contributed by atoms with Crippen LogP contribution in [0.25, 0.3) is 0 Å². The van der Waals surface area contributed by atoms with Gasteiger partial charge in [0.15, 0.2) is 0 Å². The molecule has 0 atom stereocenters. The number of phenolic OH excluding ortho intramolecular Hbond substituents is 1. The molecule has 0 unspecified atom stereocenters. The van der Waals surface area contributed by atoms with Gasteiger partial charge in [0.25, 0.3) is 11.4 Å². The van der Waals surface area contributed by atoms with Crippen LogP contribution in [0.5, 0.6) is 11.5 Å². The van der Waals surface area contributed by atoms with Gasteiger partial charge in [-0.15, -0.1) is 0 Å². The van der Waals surface area contributed by atoms with Crippen LogP contribution in [0.2, 0.25) is 0 Å². The Kier molecular flexibility index (Phi) is 17.3. The van der Waals surface area contributed by atoms with Crippen molar-refractivity contribution in [2.45, 2.75) is 12.8 Å². The number of nitro benzene ring substituents is 2. The van der Waals surface area contributed by atoms with Gasteiger partial charge in [-0.2, -0.15) is 0 Å². The third kappa shape index (κ3) is 15.1. The van der Waals surface area contributed by atoms with Gasteiger partial charge < -0.3 is 23.1 Å². The molecule has 2 aromatic carbocycles. The predicted octanol–water partition coefficient (Wildman–Crippen LogP) is 4.66. The van der Waals surface area contributed by atoms with Gasteiger partial charge in [0.2, 0.25) is 0 Å². The van der Waals surface area contributed by atoms with Crippen molar-refractivity contribution in [3.8, 4) is 11.5 Å². The van der Waals surface area contributed by atoms with Crippen LogP contribution in [0.4, 0.5) is 11.4 Å². The molecule has 0 amide bonds. The quantitative estimate of drug-likeness (QED) is 0.255. The van der Waals surface area contributed by atoms with E-state index in [4.69, 9.17) is 19.3 Å². The molecule has 0 aliphatic carbocycles. The van der Waals surface area contributed by atoms with E-state index in [9.17, 15) is 20.2 Å². The molecule has 0 aliphatic heterocycles. The highest BCUT2D eigenvalue weighted by atomic mass is 79.9. The fraction of sp³-hybridized carbons (Fsp3) is 0.400. The Balaban J connectivity index is 0.000000489. The number of nitro groups is 2. The highest BCUT2D eigenvalue weighted by Gasteiger charge is 2.05. The van der Waals surface area contributed by atoms with E-state index in [0.29, 0.717) is 25.6 Å². The second-order valence-electron chi connectivity index (χ2n) is 5.89. The Labute approximate surface area is 194 Å². The number of non-ortho nitro benzene ring substituents is 2. The molecule has 2 aromatic rings. The minimum absolute atomic E-state index is 0.0410. The second-order valence-corrected chi connectivity index (χ2v) is 6.34. The molecule has 1 N–H and O–H groups in total. The lowest BCUT2D eigenvalue weighted by molar-refractivity contribution is -0.385. The number of rotatable bonds is 11. The van der Waals surface area contributed by atoms with E-state index in [1.165, 1.54) is 30.3 Å². The molecule has 0 bridgehead atoms. The molecule has 2 rings (SSSR count). The lowest BCUT2D eigenvalue weighted by atomic mass is 10.3. The molecule has 0 fully saturated rings. The van der Waals surface area contributed by atoms with Gasteiger partial charge in [0.1, 0.15) is 11.5 Å². The van der Waals surface area contributed by atoms with Gasteiger partial charge >= 0.3 is 0 Å². The molecule has 0 radical (unpaired) electrons. The Morgan fingerprint density at radius 2 is 1.38 bits per heavy atom. The smallest absolute Gasteiger partial charge is 0.273 e. The van der Waals surface area contributed by atoms with Crippen LogP contribution in [0.3, 0.4) is 0 Å². The van der Waals surface area contributed by atoms with Gasteiger partial charge in [-0.1, -0.05) is 12.1 Å². The number of benzene rings is 2. The zero-order valence-electron chi connectivity index (χ0n) is 17.8. The summed E-state index contributed by atoms with van der Waals surface area (Å²) in [7, 11) is 3.29. The van der Waals surface area contributed by atoms with Crippen LogP contribution < -0.4 is 4.74 Å². The first kappa shape index (κ1) is 29.2. The molecular weight excluding hydrogens is 492 g/mol. The molecule has 11 nitrogen and oxygen atoms in total. The van der Waals surface area contributed by atoms with Gasteiger partial charge in [0.05, 0.1) is 51.5 Å². The monoisotopic (exact) mass is 518 g/mol. The lowest BCUT2D eigenvalue weighted by Gasteiger charge is -2.04. The number of nitrogens with zero attached hydrogens (tertiary/aromatic N) is 2. The lowest BCUT2D eigenvalue weighted by Crippen LogP contribution is -2.01. The summed E-state index contributed by atoms with van der Waals surface area (Å²) in [6.45, 7) is 2.60. The summed E-state index contributed by atoms with van der Waals surface area (Å²) in [5, 5.41) is 29.3. The van der Waals surface area contributed by atoms with Gasteiger partial charge in [-0.25, -0.2) is 0 Å². The zero-order chi connectivity index (χ0) is 24.2. The summed E-state index contributed by atoms with van der Waals surface area (Å²) >= 11 is 2.82. The fourth-order valence-corrected chi connectivity index (χ4v) is 2.17. The Morgan fingerprint density at radius 1 is 0.844 bits per heavy atom. The maximum absolute atomic E-state index is 10.5. The molecule has 0 aliphatic rings. The van der Waals surface area contributed by atoms with Crippen molar-refractivity contribution in [3.63, 3.8) is 0 Å². The fourth-order valence-electron chi connectivity index (χ4n) is 1.94. The highest BCUT2D eigenvalue weighted by molar-refractivity contribution is 9.06. The third-order valence-corrected chi connectivity index (χ3v) is 3.72. The molecule has 12 heteroatoms. The molecule has 0 saturated heterocycles. The van der Waals surface area contributed by atoms with Crippen molar-refractivity contribution in [1.82, 2.24) is 0 Å². The standard InChI is InChI=1S/C10H13NO4.C6H5NO3.C4H9BrO2/c1-14-6-3-7-15-10-5-2-4-9(8-10)11(12)13;8-6-3-1-2-5(4-6)7(9)10;1-6-3-2-4-7-5/h2,4-5,8H,3,6-7H2,1H3;1-4,8H;2-4H2,1H3. The number of aromatic hydroxyl groups is 1. The van der Waals surface area contributed by atoms with Gasteiger partial charge in [-0.3, -0.25) is 20.2 Å². The first-order valence-corrected chi connectivity index (χ1v) is 10.0. The normalized spacial score (nSPS) is 9.59. The minimum Gasteiger partial charge on any atom is -0.508 e. The predicted molar refractivity (Wildman–Crippen MR) is 121 cm³/mol. The van der Waals surface area contributed by atoms with Crippen molar-refractivity contribution >= 4 is 27.6 Å². The first-order chi connectivity index (χ1) is 15.3. The highest BCUT2D eigenvalue weighted by Crippen LogP contribution is 2.19. The summed E-state index contributed by atoms with van der Waals surface area (Å²) < 4.78 is 19.5. The van der Waals surface area contributed by atoms with Crippen LogP contribution in [-0.4, -0.2) is 55.6 Å². The molecule has 0 aromatic heterocycles. The second kappa shape index (κ2) is 18.9. The number of phenols is 1. The molecule has 0 saturated carbocycles. The van der Waals surface area contributed by atoms with E-state index in [0.717, 1.165) is 25.5 Å². The van der Waals surface area contributed by atoms with Crippen LogP contribution >= 0.6 is 16.3 Å². The van der Waals surface area contributed by atoms with Gasteiger partial charge in [-0.05, 0) is 18.6 Å². The number of halogens is 1. The SMILES string of the molecule is COCCCOBr.COCCCOc1cccc([N+](=O)[O-])c1.O=[N+]([O-])c1cccc(O)c1. The van der Waals surface area contributed by atoms with Crippen LogP contribution in [0.1, 0.15) is 12.8 Å². The average Bonchev–Trinajstić information content (AvgIpc) is 2.78. The Hall–Kier alpha value is -2.80. The van der Waals surface area contributed by atoms with E-state index >= 15 is 0 Å². The summed E-state index contributed by atoms with van der Waals surface area (Å²) in [6.07, 6.45) is 1.71. The minimum atomic E-state index is -0.556. The maximum atomic E-state index is 10.5. The van der Waals surface area contributed by atoms with E-state index in [2.05, 4.69) is 20.1 Å². The topological polar surface area (TPSA) is 143 Å². The van der Waals surface area contributed by atoms with E-state index in [1.54, 1.807) is 26.4 Å². The van der Waals surface area contributed by atoms with E-state index in [1.807, 2.05) is 0 Å². The van der Waals surface area contributed by atoms with Crippen molar-refractivity contribution in [2.75, 3.05) is 40.6 Å². The first-order valence-electron chi connectivity index (χ1n) is 9.37. The zero-order valence-corrected chi connectivity index (χ0v) is 19.4. The Bertz CT molecular complexity index is 789. The average molecular weight is 519 g/mol. The number of hydrogen-bond donors (Lipinski definition) is 1. The van der Waals surface area contributed by atoms with E-state index < -0.39 is 9.85 Å². The molecule has 178 valence electrons. The van der Waals surface area contributed by atoms with Gasteiger partial charge in [0, 0.05) is 46.0 Å². The van der Waals surface area contributed by atoms with Crippen molar-refractivity contribution in [3.05, 3.63) is 68.8 Å². The summed E-state index contributed by atoms with van der Waals surface area (Å²) in [5.41, 5.74) is -0.0563.